The van der Waals surface area contributed by atoms with Crippen LogP contribution in [0.1, 0.15) is 20.3 Å². The van der Waals surface area contributed by atoms with E-state index >= 15 is 0 Å². The number of aromatic nitrogens is 2. The molecule has 4 nitrogen and oxygen atoms in total. The van der Waals surface area contributed by atoms with Crippen LogP contribution in [0.3, 0.4) is 0 Å². The lowest BCUT2D eigenvalue weighted by Gasteiger charge is -2.16. The van der Waals surface area contributed by atoms with Crippen molar-refractivity contribution in [3.8, 4) is 0 Å². The minimum atomic E-state index is -0.00977. The van der Waals surface area contributed by atoms with E-state index in [1.54, 1.807) is 10.9 Å². The summed E-state index contributed by atoms with van der Waals surface area (Å²) >= 11 is 0. The van der Waals surface area contributed by atoms with E-state index in [4.69, 9.17) is 0 Å². The summed E-state index contributed by atoms with van der Waals surface area (Å²) in [6.45, 7) is 5.70. The Morgan fingerprint density at radius 2 is 2.11 bits per heavy atom. The zero-order valence-electron chi connectivity index (χ0n) is 10.9. The van der Waals surface area contributed by atoms with Crippen molar-refractivity contribution in [2.45, 2.75) is 32.9 Å². The van der Waals surface area contributed by atoms with E-state index in [0.717, 1.165) is 23.7 Å². The van der Waals surface area contributed by atoms with Crippen molar-refractivity contribution >= 4 is 10.8 Å². The first kappa shape index (κ1) is 12.8. The third-order valence-corrected chi connectivity index (χ3v) is 3.14. The minimum Gasteiger partial charge on any atom is -0.312 e. The monoisotopic (exact) mass is 245 g/mol. The van der Waals surface area contributed by atoms with Gasteiger partial charge in [-0.25, -0.2) is 4.68 Å². The lowest BCUT2D eigenvalue weighted by molar-refractivity contribution is 0.415. The first-order valence-corrected chi connectivity index (χ1v) is 6.44. The molecule has 18 heavy (non-hydrogen) atoms. The molecule has 1 aromatic heterocycles. The molecule has 0 saturated carbocycles. The molecular formula is C14H19N3O. The summed E-state index contributed by atoms with van der Waals surface area (Å²) in [6.07, 6.45) is 2.74. The molecule has 1 aromatic carbocycles. The van der Waals surface area contributed by atoms with Crippen molar-refractivity contribution in [3.05, 3.63) is 40.8 Å². The standard InChI is InChI=1S/C14H19N3O/c1-3-12(15-4-2)10-17-14(18)13-8-6-5-7-11(13)9-16-17/h5-9,12,15H,3-4,10H2,1-2H3. The van der Waals surface area contributed by atoms with Gasteiger partial charge >= 0.3 is 0 Å². The second-order valence-corrected chi connectivity index (χ2v) is 4.38. The van der Waals surface area contributed by atoms with Gasteiger partial charge in [-0.1, -0.05) is 32.0 Å². The van der Waals surface area contributed by atoms with Crippen LogP contribution in [-0.4, -0.2) is 22.4 Å². The molecule has 1 heterocycles. The number of nitrogens with one attached hydrogen (secondary N) is 1. The molecule has 0 aliphatic rings. The first-order chi connectivity index (χ1) is 8.76. The van der Waals surface area contributed by atoms with Gasteiger partial charge in [-0.05, 0) is 19.0 Å². The highest BCUT2D eigenvalue weighted by molar-refractivity contribution is 5.80. The Hall–Kier alpha value is -1.68. The molecule has 96 valence electrons. The number of hydrogen-bond donors (Lipinski definition) is 1. The van der Waals surface area contributed by atoms with E-state index in [9.17, 15) is 4.79 Å². The van der Waals surface area contributed by atoms with Crippen molar-refractivity contribution < 1.29 is 0 Å². The van der Waals surface area contributed by atoms with E-state index in [-0.39, 0.29) is 5.56 Å². The van der Waals surface area contributed by atoms with Crippen LogP contribution in [0.25, 0.3) is 10.8 Å². The van der Waals surface area contributed by atoms with E-state index in [1.807, 2.05) is 24.3 Å². The van der Waals surface area contributed by atoms with Crippen LogP contribution >= 0.6 is 0 Å². The molecule has 0 saturated heterocycles. The Bertz CT molecular complexity index is 577. The Morgan fingerprint density at radius 1 is 1.33 bits per heavy atom. The van der Waals surface area contributed by atoms with Crippen molar-refractivity contribution in [1.82, 2.24) is 15.1 Å². The fourth-order valence-electron chi connectivity index (χ4n) is 2.09. The Balaban J connectivity index is 2.34. The molecule has 2 aromatic rings. The van der Waals surface area contributed by atoms with Crippen molar-refractivity contribution in [2.75, 3.05) is 6.54 Å². The molecule has 0 spiro atoms. The molecule has 0 bridgehead atoms. The average Bonchev–Trinajstić information content (AvgIpc) is 2.41. The van der Waals surface area contributed by atoms with Gasteiger partial charge in [0.2, 0.25) is 0 Å². The quantitative estimate of drug-likeness (QED) is 0.873. The maximum Gasteiger partial charge on any atom is 0.274 e. The number of rotatable bonds is 5. The van der Waals surface area contributed by atoms with Crippen LogP contribution in [0.15, 0.2) is 35.3 Å². The molecule has 0 aliphatic carbocycles. The second kappa shape index (κ2) is 5.78. The Morgan fingerprint density at radius 3 is 2.83 bits per heavy atom. The van der Waals surface area contributed by atoms with E-state index in [1.165, 1.54) is 0 Å². The maximum atomic E-state index is 12.3. The SMILES string of the molecule is CCNC(CC)Cn1ncc2ccccc2c1=O. The molecule has 4 heteroatoms. The fourth-order valence-corrected chi connectivity index (χ4v) is 2.09. The van der Waals surface area contributed by atoms with Gasteiger partial charge in [-0.3, -0.25) is 4.79 Å². The summed E-state index contributed by atoms with van der Waals surface area (Å²) in [6, 6.07) is 7.86. The zero-order valence-corrected chi connectivity index (χ0v) is 10.9. The van der Waals surface area contributed by atoms with Crippen molar-refractivity contribution in [1.29, 1.82) is 0 Å². The van der Waals surface area contributed by atoms with Gasteiger partial charge in [0.05, 0.1) is 18.1 Å². The summed E-state index contributed by atoms with van der Waals surface area (Å²) in [5.74, 6) is 0. The topological polar surface area (TPSA) is 46.9 Å². The predicted molar refractivity (Wildman–Crippen MR) is 73.8 cm³/mol. The van der Waals surface area contributed by atoms with Gasteiger partial charge in [0.25, 0.3) is 5.56 Å². The maximum absolute atomic E-state index is 12.3. The van der Waals surface area contributed by atoms with E-state index < -0.39 is 0 Å². The van der Waals surface area contributed by atoms with Crippen LogP contribution in [0.5, 0.6) is 0 Å². The predicted octanol–water partition coefficient (Wildman–Crippen LogP) is 1.78. The highest BCUT2D eigenvalue weighted by atomic mass is 16.1. The van der Waals surface area contributed by atoms with Gasteiger partial charge < -0.3 is 5.32 Å². The van der Waals surface area contributed by atoms with Gasteiger partial charge in [0, 0.05) is 11.4 Å². The third-order valence-electron chi connectivity index (χ3n) is 3.14. The fraction of sp³-hybridized carbons (Fsp3) is 0.429. The van der Waals surface area contributed by atoms with Crippen LogP contribution in [0.4, 0.5) is 0 Å². The van der Waals surface area contributed by atoms with Gasteiger partial charge in [-0.2, -0.15) is 5.10 Å². The lowest BCUT2D eigenvalue weighted by Crippen LogP contribution is -2.37. The number of fused-ring (bicyclic) bond motifs is 1. The third kappa shape index (κ3) is 2.59. The summed E-state index contributed by atoms with van der Waals surface area (Å²) in [5.41, 5.74) is -0.00977. The highest BCUT2D eigenvalue weighted by Crippen LogP contribution is 2.06. The second-order valence-electron chi connectivity index (χ2n) is 4.38. The van der Waals surface area contributed by atoms with E-state index in [2.05, 4.69) is 24.3 Å². The molecule has 2 rings (SSSR count). The summed E-state index contributed by atoms with van der Waals surface area (Å²) in [5, 5.41) is 9.23. The minimum absolute atomic E-state index is 0.00977. The first-order valence-electron chi connectivity index (χ1n) is 6.44. The molecule has 1 N–H and O–H groups in total. The van der Waals surface area contributed by atoms with Crippen LogP contribution < -0.4 is 10.9 Å². The average molecular weight is 245 g/mol. The number of nitrogens with zero attached hydrogens (tertiary/aromatic N) is 2. The molecule has 1 unspecified atom stereocenters. The lowest BCUT2D eigenvalue weighted by atomic mass is 10.2. The normalized spacial score (nSPS) is 12.8. The molecule has 0 aliphatic heterocycles. The largest absolute Gasteiger partial charge is 0.312 e. The molecule has 0 amide bonds. The smallest absolute Gasteiger partial charge is 0.274 e. The van der Waals surface area contributed by atoms with Gasteiger partial charge in [0.1, 0.15) is 0 Å². The molecule has 0 fully saturated rings. The van der Waals surface area contributed by atoms with Crippen molar-refractivity contribution in [3.63, 3.8) is 0 Å². The Labute approximate surface area is 107 Å². The number of hydrogen-bond acceptors (Lipinski definition) is 3. The molecule has 0 radical (unpaired) electrons. The van der Waals surface area contributed by atoms with Crippen molar-refractivity contribution in [2.24, 2.45) is 0 Å². The van der Waals surface area contributed by atoms with Crippen LogP contribution in [0.2, 0.25) is 0 Å². The molecule has 1 atom stereocenters. The van der Waals surface area contributed by atoms with E-state index in [0.29, 0.717) is 12.6 Å². The summed E-state index contributed by atoms with van der Waals surface area (Å²) < 4.78 is 1.55. The highest BCUT2D eigenvalue weighted by Gasteiger charge is 2.09. The van der Waals surface area contributed by atoms with Crippen LogP contribution in [-0.2, 0) is 6.54 Å². The van der Waals surface area contributed by atoms with Gasteiger partial charge in [0.15, 0.2) is 0 Å². The van der Waals surface area contributed by atoms with Crippen LogP contribution in [0, 0.1) is 0 Å². The number of likely N-dealkylation sites (N-methyl/N-ethyl adjacent to an activating group) is 1. The molecular weight excluding hydrogens is 226 g/mol. The van der Waals surface area contributed by atoms with Gasteiger partial charge in [-0.15, -0.1) is 0 Å². The Kier molecular flexibility index (Phi) is 4.10. The summed E-state index contributed by atoms with van der Waals surface area (Å²) in [7, 11) is 0. The summed E-state index contributed by atoms with van der Waals surface area (Å²) in [4.78, 5) is 12.3. The number of benzene rings is 1. The zero-order chi connectivity index (χ0) is 13.0.